The number of sulfonamides is 1. The number of hydrogen-bond donors (Lipinski definition) is 2. The summed E-state index contributed by atoms with van der Waals surface area (Å²) in [5, 5.41) is 3.50. The van der Waals surface area contributed by atoms with E-state index in [0.717, 1.165) is 18.9 Å². The molecule has 5 nitrogen and oxygen atoms in total. The topological polar surface area (TPSA) is 67.4 Å². The third-order valence-electron chi connectivity index (χ3n) is 7.22. The lowest BCUT2D eigenvalue weighted by Crippen LogP contribution is -2.48. The summed E-state index contributed by atoms with van der Waals surface area (Å²) in [5.74, 6) is 0.0274. The van der Waals surface area contributed by atoms with Crippen LogP contribution in [0.5, 0.6) is 0 Å². The van der Waals surface area contributed by atoms with Crippen LogP contribution < -0.4 is 10.0 Å². The number of hydrogen-bond acceptors (Lipinski definition) is 4. The van der Waals surface area contributed by atoms with Crippen LogP contribution in [0, 0.1) is 11.8 Å². The lowest BCUT2D eigenvalue weighted by Gasteiger charge is -2.47. The summed E-state index contributed by atoms with van der Waals surface area (Å²) >= 11 is 0. The molecule has 0 radical (unpaired) electrons. The standard InChI is InChI=1S/C27H29F3N2O3S/c28-27(29,30)20-11-14-24-23(15-20)26-22(25(32-24)19-9-5-2-6-10-19)13-12-21(35-26)16-31-36(33,34)17-18-7-3-1-4-8-18/h1-9,11,14-15,19,21-22,25-26,31-32H,10,12-13,16-17H2/t19?,21-,22+,25+,26+/m1/s1. The molecule has 192 valence electrons. The number of allylic oxidation sites excluding steroid dienone is 3. The van der Waals surface area contributed by atoms with Crippen LogP contribution in [0.25, 0.3) is 0 Å². The minimum Gasteiger partial charge on any atom is -0.381 e. The van der Waals surface area contributed by atoms with E-state index in [4.69, 9.17) is 4.74 Å². The van der Waals surface area contributed by atoms with Crippen molar-refractivity contribution in [2.45, 2.75) is 49.4 Å². The van der Waals surface area contributed by atoms with Gasteiger partial charge in [-0.1, -0.05) is 54.6 Å². The van der Waals surface area contributed by atoms with Crippen LogP contribution in [-0.2, 0) is 26.7 Å². The fraction of sp³-hybridized carbons (Fsp3) is 0.407. The van der Waals surface area contributed by atoms with Crippen molar-refractivity contribution in [3.05, 3.63) is 89.5 Å². The monoisotopic (exact) mass is 518 g/mol. The van der Waals surface area contributed by atoms with Crippen molar-refractivity contribution < 1.29 is 26.3 Å². The molecular formula is C27H29F3N2O3S. The Labute approximate surface area is 209 Å². The molecule has 0 spiro atoms. The molecule has 2 N–H and O–H groups in total. The highest BCUT2D eigenvalue weighted by atomic mass is 32.2. The number of nitrogens with one attached hydrogen (secondary N) is 2. The number of benzene rings is 2. The number of ether oxygens (including phenoxy) is 1. The minimum atomic E-state index is -4.46. The summed E-state index contributed by atoms with van der Waals surface area (Å²) in [6, 6.07) is 12.7. The molecule has 0 aromatic heterocycles. The van der Waals surface area contributed by atoms with Crippen LogP contribution in [0.3, 0.4) is 0 Å². The highest BCUT2D eigenvalue weighted by Crippen LogP contribution is 2.49. The predicted octanol–water partition coefficient (Wildman–Crippen LogP) is 5.59. The van der Waals surface area contributed by atoms with Crippen molar-refractivity contribution in [1.82, 2.24) is 4.72 Å². The first-order valence-corrected chi connectivity index (χ1v) is 13.8. The smallest absolute Gasteiger partial charge is 0.381 e. The molecule has 1 unspecified atom stereocenters. The Morgan fingerprint density at radius 2 is 1.86 bits per heavy atom. The SMILES string of the molecule is O=S(=O)(Cc1ccccc1)NC[C@H]1CC[C@@H]2[C@H](O1)c1cc(C(F)(F)F)ccc1N[C@H]2C1C=CC=CC1. The van der Waals surface area contributed by atoms with E-state index in [1.807, 2.05) is 18.2 Å². The highest BCUT2D eigenvalue weighted by Gasteiger charge is 2.45. The predicted molar refractivity (Wildman–Crippen MR) is 133 cm³/mol. The van der Waals surface area contributed by atoms with Crippen molar-refractivity contribution in [1.29, 1.82) is 0 Å². The van der Waals surface area contributed by atoms with Gasteiger partial charge in [0, 0.05) is 35.7 Å². The largest absolute Gasteiger partial charge is 0.416 e. The number of rotatable bonds is 6. The van der Waals surface area contributed by atoms with Gasteiger partial charge in [0.05, 0.1) is 23.5 Å². The zero-order valence-corrected chi connectivity index (χ0v) is 20.4. The summed E-state index contributed by atoms with van der Waals surface area (Å²) in [4.78, 5) is 0. The van der Waals surface area contributed by atoms with E-state index in [-0.39, 0.29) is 30.2 Å². The first kappa shape index (κ1) is 25.0. The third kappa shape index (κ3) is 5.53. The second-order valence-electron chi connectivity index (χ2n) is 9.70. The maximum Gasteiger partial charge on any atom is 0.416 e. The van der Waals surface area contributed by atoms with E-state index in [0.29, 0.717) is 23.2 Å². The van der Waals surface area contributed by atoms with Crippen LogP contribution >= 0.6 is 0 Å². The van der Waals surface area contributed by atoms with E-state index < -0.39 is 34.0 Å². The Morgan fingerprint density at radius 1 is 1.06 bits per heavy atom. The molecule has 9 heteroatoms. The summed E-state index contributed by atoms with van der Waals surface area (Å²) < 4.78 is 74.8. The molecule has 1 saturated heterocycles. The molecule has 5 atom stereocenters. The Hall–Kier alpha value is -2.62. The first-order chi connectivity index (χ1) is 17.2. The van der Waals surface area contributed by atoms with Gasteiger partial charge in [0.15, 0.2) is 0 Å². The number of halogens is 3. The Balaban J connectivity index is 1.36. The number of alkyl halides is 3. The normalized spacial score (nSPS) is 27.7. The zero-order valence-electron chi connectivity index (χ0n) is 19.6. The lowest BCUT2D eigenvalue weighted by molar-refractivity contribution is -0.138. The minimum absolute atomic E-state index is 0.0103. The molecule has 2 aromatic rings. The van der Waals surface area contributed by atoms with Gasteiger partial charge < -0.3 is 10.1 Å². The lowest BCUT2D eigenvalue weighted by atomic mass is 9.73. The van der Waals surface area contributed by atoms with E-state index in [1.54, 1.807) is 24.3 Å². The number of fused-ring (bicyclic) bond motifs is 3. The van der Waals surface area contributed by atoms with Crippen molar-refractivity contribution in [3.63, 3.8) is 0 Å². The molecule has 2 heterocycles. The average molecular weight is 519 g/mol. The average Bonchev–Trinajstić information content (AvgIpc) is 2.87. The maximum atomic E-state index is 13.5. The molecule has 2 aromatic carbocycles. The van der Waals surface area contributed by atoms with E-state index >= 15 is 0 Å². The molecule has 3 aliphatic rings. The zero-order chi connectivity index (χ0) is 25.3. The van der Waals surface area contributed by atoms with Gasteiger partial charge in [0.2, 0.25) is 10.0 Å². The first-order valence-electron chi connectivity index (χ1n) is 12.2. The molecule has 5 rings (SSSR count). The number of anilines is 1. The van der Waals surface area contributed by atoms with Crippen LogP contribution in [0.4, 0.5) is 18.9 Å². The Kier molecular flexibility index (Phi) is 6.98. The van der Waals surface area contributed by atoms with Gasteiger partial charge in [-0.2, -0.15) is 13.2 Å². The second-order valence-corrected chi connectivity index (χ2v) is 11.5. The summed E-state index contributed by atoms with van der Waals surface area (Å²) in [7, 11) is -3.59. The van der Waals surface area contributed by atoms with Gasteiger partial charge in [-0.15, -0.1) is 0 Å². The van der Waals surface area contributed by atoms with Gasteiger partial charge in [0.1, 0.15) is 0 Å². The Morgan fingerprint density at radius 3 is 2.58 bits per heavy atom. The molecule has 2 aliphatic heterocycles. The van der Waals surface area contributed by atoms with Crippen LogP contribution in [0.15, 0.2) is 72.8 Å². The molecule has 1 fully saturated rings. The molecule has 0 saturated carbocycles. The fourth-order valence-electron chi connectivity index (χ4n) is 5.48. The van der Waals surface area contributed by atoms with Gasteiger partial charge >= 0.3 is 6.18 Å². The van der Waals surface area contributed by atoms with Crippen molar-refractivity contribution in [2.75, 3.05) is 11.9 Å². The fourth-order valence-corrected chi connectivity index (χ4v) is 6.65. The van der Waals surface area contributed by atoms with E-state index in [1.165, 1.54) is 12.1 Å². The second kappa shape index (κ2) is 10.0. The molecule has 36 heavy (non-hydrogen) atoms. The van der Waals surface area contributed by atoms with Gasteiger partial charge in [-0.25, -0.2) is 13.1 Å². The van der Waals surface area contributed by atoms with Crippen molar-refractivity contribution in [3.8, 4) is 0 Å². The third-order valence-corrected chi connectivity index (χ3v) is 8.54. The van der Waals surface area contributed by atoms with E-state index in [2.05, 4.69) is 22.2 Å². The summed E-state index contributed by atoms with van der Waals surface area (Å²) in [6.45, 7) is 0.0802. The quantitative estimate of drug-likeness (QED) is 0.524. The maximum absolute atomic E-state index is 13.5. The highest BCUT2D eigenvalue weighted by molar-refractivity contribution is 7.88. The summed E-state index contributed by atoms with van der Waals surface area (Å²) in [6.07, 6.45) is 4.96. The van der Waals surface area contributed by atoms with Crippen LogP contribution in [-0.4, -0.2) is 27.1 Å². The summed E-state index contributed by atoms with van der Waals surface area (Å²) in [5.41, 5.74) is 1.09. The van der Waals surface area contributed by atoms with Crippen LogP contribution in [0.1, 0.15) is 42.1 Å². The van der Waals surface area contributed by atoms with Gasteiger partial charge in [-0.05, 0) is 43.0 Å². The van der Waals surface area contributed by atoms with Crippen LogP contribution in [0.2, 0.25) is 0 Å². The molecule has 0 bridgehead atoms. The van der Waals surface area contributed by atoms with Crippen molar-refractivity contribution in [2.24, 2.45) is 11.8 Å². The molecule has 0 amide bonds. The molecule has 1 aliphatic carbocycles. The molecular weight excluding hydrogens is 489 g/mol. The van der Waals surface area contributed by atoms with Crippen molar-refractivity contribution >= 4 is 15.7 Å². The van der Waals surface area contributed by atoms with Gasteiger partial charge in [-0.3, -0.25) is 0 Å². The Bertz CT molecular complexity index is 1240. The van der Waals surface area contributed by atoms with E-state index in [9.17, 15) is 21.6 Å². The van der Waals surface area contributed by atoms with Gasteiger partial charge in [0.25, 0.3) is 0 Å².